The third-order valence-corrected chi connectivity index (χ3v) is 6.91. The van der Waals surface area contributed by atoms with Gasteiger partial charge in [-0.1, -0.05) is 13.8 Å². The van der Waals surface area contributed by atoms with Gasteiger partial charge < -0.3 is 24.4 Å². The van der Waals surface area contributed by atoms with Gasteiger partial charge in [0.25, 0.3) is 0 Å². The molecule has 4 heterocycles. The van der Waals surface area contributed by atoms with Crippen LogP contribution in [0.3, 0.4) is 0 Å². The van der Waals surface area contributed by atoms with Crippen LogP contribution in [0.15, 0.2) is 36.7 Å². The molecule has 9 nitrogen and oxygen atoms in total. The van der Waals surface area contributed by atoms with Crippen molar-refractivity contribution in [1.82, 2.24) is 20.2 Å². The summed E-state index contributed by atoms with van der Waals surface area (Å²) in [6.45, 7) is 7.91. The molecule has 202 valence electrons. The number of pyridine rings is 2. The molecule has 2 aliphatic rings. The van der Waals surface area contributed by atoms with E-state index < -0.39 is 11.9 Å². The van der Waals surface area contributed by atoms with E-state index in [0.29, 0.717) is 30.3 Å². The number of carbonyl (C=O) groups excluding carboxylic acids is 2. The van der Waals surface area contributed by atoms with Crippen LogP contribution in [-0.4, -0.2) is 60.7 Å². The zero-order valence-electron chi connectivity index (χ0n) is 22.6. The molecular weight excluding hydrogens is 472 g/mol. The number of rotatable bonds is 5. The number of nitrogens with one attached hydrogen (secondary N) is 1. The molecule has 2 fully saturated rings. The molecule has 4 rings (SSSR count). The summed E-state index contributed by atoms with van der Waals surface area (Å²) in [5.74, 6) is 0.993. The third-order valence-electron chi connectivity index (χ3n) is 6.91. The molecule has 0 aliphatic carbocycles. The Morgan fingerprint density at radius 2 is 1.57 bits per heavy atom. The van der Waals surface area contributed by atoms with Crippen molar-refractivity contribution in [3.8, 4) is 11.8 Å². The summed E-state index contributed by atoms with van der Waals surface area (Å²) in [5, 5.41) is 3.55. The molecule has 2 saturated heterocycles. The molecule has 0 aromatic carbocycles. The average molecular weight is 513 g/mol. The molecule has 0 unspecified atom stereocenters. The first kappa shape index (κ1) is 28.4. The fourth-order valence-electron chi connectivity index (χ4n) is 4.81. The standard InChI is InChI=1S/C16H22N2O4.C12H18N2O/c1-4-22-16(20)15(19)18-10-11(2)5-6-13(18)12-7-8-17-14(9-12)21-3;1-9-3-4-11(14-8-9)10-5-6-13-12(7-10)15-2/h7-9,11,13H,4-6,10H2,1-3H3;5-7,9,11,14H,3-4,8H2,1-2H3/t11-,13+;9-,11+/m11/s1. The SMILES string of the molecule is CCOC(=O)C(=O)N1C[C@H](C)CC[C@H]1c1ccnc(OC)c1.COc1cc([C@@H]2CC[C@@H](C)CN2)ccn1. The Morgan fingerprint density at radius 1 is 0.946 bits per heavy atom. The fraction of sp³-hybridized carbons (Fsp3) is 0.571. The molecule has 9 heteroatoms. The number of amides is 1. The van der Waals surface area contributed by atoms with Gasteiger partial charge in [-0.2, -0.15) is 0 Å². The molecule has 0 bridgehead atoms. The number of esters is 1. The number of hydrogen-bond donors (Lipinski definition) is 1. The first-order valence-electron chi connectivity index (χ1n) is 13.1. The second-order valence-electron chi connectivity index (χ2n) is 9.78. The number of likely N-dealkylation sites (tertiary alicyclic amines) is 1. The Hall–Kier alpha value is -3.20. The van der Waals surface area contributed by atoms with E-state index in [1.165, 1.54) is 18.4 Å². The van der Waals surface area contributed by atoms with Crippen LogP contribution in [0, 0.1) is 11.8 Å². The number of methoxy groups -OCH3 is 2. The highest BCUT2D eigenvalue weighted by molar-refractivity contribution is 6.32. The molecule has 0 radical (unpaired) electrons. The number of piperidine rings is 2. The maximum atomic E-state index is 12.4. The number of hydrogen-bond acceptors (Lipinski definition) is 8. The second kappa shape index (κ2) is 13.9. The number of ether oxygens (including phenoxy) is 3. The lowest BCUT2D eigenvalue weighted by Gasteiger charge is -2.38. The van der Waals surface area contributed by atoms with Gasteiger partial charge in [-0.25, -0.2) is 14.8 Å². The molecule has 1 amide bonds. The second-order valence-corrected chi connectivity index (χ2v) is 9.78. The molecule has 2 aliphatic heterocycles. The van der Waals surface area contributed by atoms with Crippen molar-refractivity contribution >= 4 is 11.9 Å². The van der Waals surface area contributed by atoms with Crippen molar-refractivity contribution in [1.29, 1.82) is 0 Å². The van der Waals surface area contributed by atoms with Crippen LogP contribution in [0.4, 0.5) is 0 Å². The van der Waals surface area contributed by atoms with Crippen molar-refractivity contribution in [3.63, 3.8) is 0 Å². The number of nitrogens with zero attached hydrogens (tertiary/aromatic N) is 3. The average Bonchev–Trinajstić information content (AvgIpc) is 2.93. The monoisotopic (exact) mass is 512 g/mol. The van der Waals surface area contributed by atoms with E-state index in [0.717, 1.165) is 30.9 Å². The van der Waals surface area contributed by atoms with Crippen LogP contribution in [0.1, 0.15) is 69.7 Å². The predicted molar refractivity (Wildman–Crippen MR) is 140 cm³/mol. The highest BCUT2D eigenvalue weighted by Gasteiger charge is 2.35. The molecule has 1 N–H and O–H groups in total. The van der Waals surface area contributed by atoms with Crippen LogP contribution in [0.5, 0.6) is 11.8 Å². The minimum Gasteiger partial charge on any atom is -0.481 e. The van der Waals surface area contributed by atoms with Gasteiger partial charge in [0.05, 0.1) is 26.9 Å². The first-order chi connectivity index (χ1) is 17.9. The topological polar surface area (TPSA) is 103 Å². The normalized spacial score (nSPS) is 23.3. The lowest BCUT2D eigenvalue weighted by atomic mass is 9.90. The maximum Gasteiger partial charge on any atom is 0.397 e. The highest BCUT2D eigenvalue weighted by Crippen LogP contribution is 2.34. The Labute approximate surface area is 219 Å². The van der Waals surface area contributed by atoms with Gasteiger partial charge in [-0.3, -0.25) is 4.79 Å². The number of carbonyl (C=O) groups is 2. The van der Waals surface area contributed by atoms with Gasteiger partial charge in [-0.05, 0) is 74.2 Å². The summed E-state index contributed by atoms with van der Waals surface area (Å²) in [6.07, 6.45) is 7.77. The van der Waals surface area contributed by atoms with E-state index in [-0.39, 0.29) is 12.6 Å². The van der Waals surface area contributed by atoms with Crippen molar-refractivity contribution in [2.75, 3.05) is 33.9 Å². The maximum absolute atomic E-state index is 12.4. The van der Waals surface area contributed by atoms with E-state index in [1.807, 2.05) is 24.4 Å². The summed E-state index contributed by atoms with van der Waals surface area (Å²) < 4.78 is 15.1. The van der Waals surface area contributed by atoms with Crippen LogP contribution < -0.4 is 14.8 Å². The molecule has 0 saturated carbocycles. The van der Waals surface area contributed by atoms with E-state index in [2.05, 4.69) is 35.2 Å². The van der Waals surface area contributed by atoms with Gasteiger partial charge in [0.1, 0.15) is 0 Å². The van der Waals surface area contributed by atoms with E-state index in [1.54, 1.807) is 32.2 Å². The van der Waals surface area contributed by atoms with Gasteiger partial charge >= 0.3 is 11.9 Å². The third kappa shape index (κ3) is 7.89. The smallest absolute Gasteiger partial charge is 0.397 e. The Bertz CT molecular complexity index is 1030. The summed E-state index contributed by atoms with van der Waals surface area (Å²) in [4.78, 5) is 34.0. The van der Waals surface area contributed by atoms with Crippen molar-refractivity contribution < 1.29 is 23.8 Å². The minimum atomic E-state index is -0.789. The van der Waals surface area contributed by atoms with E-state index >= 15 is 0 Å². The Kier molecular flexibility index (Phi) is 10.7. The van der Waals surface area contributed by atoms with Crippen LogP contribution in [-0.2, 0) is 14.3 Å². The summed E-state index contributed by atoms with van der Waals surface area (Å²) in [5.41, 5.74) is 2.21. The van der Waals surface area contributed by atoms with Crippen molar-refractivity contribution in [3.05, 3.63) is 47.8 Å². The highest BCUT2D eigenvalue weighted by atomic mass is 16.5. The molecule has 4 atom stereocenters. The Morgan fingerprint density at radius 3 is 2.16 bits per heavy atom. The van der Waals surface area contributed by atoms with E-state index in [9.17, 15) is 9.59 Å². The molecule has 0 spiro atoms. The van der Waals surface area contributed by atoms with Gasteiger partial charge in [0.15, 0.2) is 0 Å². The summed E-state index contributed by atoms with van der Waals surface area (Å²) >= 11 is 0. The van der Waals surface area contributed by atoms with Gasteiger partial charge in [0, 0.05) is 37.1 Å². The van der Waals surface area contributed by atoms with Gasteiger partial charge in [-0.15, -0.1) is 0 Å². The summed E-state index contributed by atoms with van der Waals surface area (Å²) in [7, 11) is 3.21. The van der Waals surface area contributed by atoms with E-state index in [4.69, 9.17) is 14.2 Å². The quantitative estimate of drug-likeness (QED) is 0.472. The summed E-state index contributed by atoms with van der Waals surface area (Å²) in [6, 6.07) is 8.08. The molecule has 37 heavy (non-hydrogen) atoms. The van der Waals surface area contributed by atoms with Crippen LogP contribution in [0.25, 0.3) is 0 Å². The number of aromatic nitrogens is 2. The van der Waals surface area contributed by atoms with Crippen molar-refractivity contribution in [2.45, 2.75) is 58.5 Å². The predicted octanol–water partition coefficient (Wildman–Crippen LogP) is 4.10. The Balaban J connectivity index is 0.000000220. The largest absolute Gasteiger partial charge is 0.481 e. The molecular formula is C28H40N4O5. The zero-order chi connectivity index (χ0) is 26.8. The van der Waals surface area contributed by atoms with Crippen LogP contribution >= 0.6 is 0 Å². The van der Waals surface area contributed by atoms with Crippen molar-refractivity contribution in [2.24, 2.45) is 11.8 Å². The first-order valence-corrected chi connectivity index (χ1v) is 13.1. The van der Waals surface area contributed by atoms with Crippen LogP contribution in [0.2, 0.25) is 0 Å². The fourth-order valence-corrected chi connectivity index (χ4v) is 4.81. The lowest BCUT2D eigenvalue weighted by molar-refractivity contribution is -0.162. The molecule has 2 aromatic rings. The minimum absolute atomic E-state index is 0.148. The lowest BCUT2D eigenvalue weighted by Crippen LogP contribution is -2.45. The molecule has 2 aromatic heterocycles. The van der Waals surface area contributed by atoms with Gasteiger partial charge in [0.2, 0.25) is 11.8 Å². The zero-order valence-corrected chi connectivity index (χ0v) is 22.6.